The zero-order valence-electron chi connectivity index (χ0n) is 9.45. The monoisotopic (exact) mass is 283 g/mol. The number of phenolic OH excluding ortho intramolecular Hbond substituents is 1. The van der Waals surface area contributed by atoms with Crippen LogP contribution < -0.4 is 0 Å². The molecule has 0 atom stereocenters. The standard InChI is InChI=1S/C13H18BrNO/c14-13-9-12(16)6-5-11(13)10-15-7-3-1-2-4-8-15/h5-6,9,16H,1-4,7-8,10H2. The molecule has 88 valence electrons. The summed E-state index contributed by atoms with van der Waals surface area (Å²) in [5.74, 6) is 0.325. The summed E-state index contributed by atoms with van der Waals surface area (Å²) in [7, 11) is 0. The number of hydrogen-bond acceptors (Lipinski definition) is 2. The molecule has 1 aromatic rings. The van der Waals surface area contributed by atoms with Crippen LogP contribution in [0.2, 0.25) is 0 Å². The van der Waals surface area contributed by atoms with Gasteiger partial charge in [0.1, 0.15) is 5.75 Å². The van der Waals surface area contributed by atoms with Crippen molar-refractivity contribution in [2.75, 3.05) is 13.1 Å². The number of rotatable bonds is 2. The molecule has 1 aliphatic heterocycles. The molecule has 1 N–H and O–H groups in total. The maximum Gasteiger partial charge on any atom is 0.116 e. The molecule has 0 unspecified atom stereocenters. The van der Waals surface area contributed by atoms with Crippen molar-refractivity contribution in [3.8, 4) is 5.75 Å². The average molecular weight is 284 g/mol. The lowest BCUT2D eigenvalue weighted by molar-refractivity contribution is 0.276. The van der Waals surface area contributed by atoms with Crippen molar-refractivity contribution in [3.63, 3.8) is 0 Å². The highest BCUT2D eigenvalue weighted by Gasteiger charge is 2.11. The van der Waals surface area contributed by atoms with Crippen LogP contribution in [0.4, 0.5) is 0 Å². The largest absolute Gasteiger partial charge is 0.508 e. The second kappa shape index (κ2) is 5.69. The van der Waals surface area contributed by atoms with Gasteiger partial charge in [-0.1, -0.05) is 34.8 Å². The number of nitrogens with zero attached hydrogens (tertiary/aromatic N) is 1. The van der Waals surface area contributed by atoms with Crippen molar-refractivity contribution < 1.29 is 5.11 Å². The molecular formula is C13H18BrNO. The van der Waals surface area contributed by atoms with Gasteiger partial charge in [-0.2, -0.15) is 0 Å². The number of phenols is 1. The van der Waals surface area contributed by atoms with E-state index >= 15 is 0 Å². The lowest BCUT2D eigenvalue weighted by Crippen LogP contribution is -2.24. The minimum atomic E-state index is 0.325. The molecule has 1 heterocycles. The Kier molecular flexibility index (Phi) is 4.24. The van der Waals surface area contributed by atoms with Gasteiger partial charge < -0.3 is 5.11 Å². The minimum Gasteiger partial charge on any atom is -0.508 e. The van der Waals surface area contributed by atoms with Gasteiger partial charge in [0, 0.05) is 11.0 Å². The van der Waals surface area contributed by atoms with Crippen LogP contribution >= 0.6 is 15.9 Å². The Bertz CT molecular complexity index is 346. The lowest BCUT2D eigenvalue weighted by atomic mass is 10.2. The summed E-state index contributed by atoms with van der Waals surface area (Å²) < 4.78 is 1.01. The van der Waals surface area contributed by atoms with Crippen LogP contribution in [0.3, 0.4) is 0 Å². The Balaban J connectivity index is 2.01. The summed E-state index contributed by atoms with van der Waals surface area (Å²) in [6.07, 6.45) is 5.37. The summed E-state index contributed by atoms with van der Waals surface area (Å²) in [5, 5.41) is 9.34. The molecule has 1 saturated heterocycles. The van der Waals surface area contributed by atoms with Crippen LogP contribution in [0.25, 0.3) is 0 Å². The SMILES string of the molecule is Oc1ccc(CN2CCCCCC2)c(Br)c1. The van der Waals surface area contributed by atoms with Gasteiger partial charge in [0.15, 0.2) is 0 Å². The number of likely N-dealkylation sites (tertiary alicyclic amines) is 1. The predicted octanol–water partition coefficient (Wildman–Crippen LogP) is 3.53. The third kappa shape index (κ3) is 3.22. The van der Waals surface area contributed by atoms with Crippen molar-refractivity contribution in [3.05, 3.63) is 28.2 Å². The first-order valence-corrected chi connectivity index (χ1v) is 6.75. The molecule has 0 amide bonds. The molecule has 0 saturated carbocycles. The second-order valence-electron chi connectivity index (χ2n) is 4.47. The fourth-order valence-corrected chi connectivity index (χ4v) is 2.69. The maximum absolute atomic E-state index is 9.34. The highest BCUT2D eigenvalue weighted by molar-refractivity contribution is 9.10. The molecule has 0 aliphatic carbocycles. The van der Waals surface area contributed by atoms with E-state index in [2.05, 4.69) is 20.8 Å². The Morgan fingerprint density at radius 2 is 1.81 bits per heavy atom. The molecule has 2 rings (SSSR count). The van der Waals surface area contributed by atoms with E-state index in [0.717, 1.165) is 11.0 Å². The van der Waals surface area contributed by atoms with Crippen LogP contribution in [-0.2, 0) is 6.54 Å². The second-order valence-corrected chi connectivity index (χ2v) is 5.32. The first-order valence-electron chi connectivity index (χ1n) is 5.95. The zero-order chi connectivity index (χ0) is 11.4. The summed E-state index contributed by atoms with van der Waals surface area (Å²) in [5.41, 5.74) is 1.26. The summed E-state index contributed by atoms with van der Waals surface area (Å²) in [6, 6.07) is 5.54. The summed E-state index contributed by atoms with van der Waals surface area (Å²) in [6.45, 7) is 3.39. The van der Waals surface area contributed by atoms with Gasteiger partial charge in [-0.3, -0.25) is 4.90 Å². The first kappa shape index (κ1) is 11.9. The third-order valence-electron chi connectivity index (χ3n) is 3.13. The maximum atomic E-state index is 9.34. The van der Waals surface area contributed by atoms with Gasteiger partial charge in [0.2, 0.25) is 0 Å². The van der Waals surface area contributed by atoms with Crippen molar-refractivity contribution in [2.45, 2.75) is 32.2 Å². The van der Waals surface area contributed by atoms with Crippen LogP contribution in [0.1, 0.15) is 31.2 Å². The van der Waals surface area contributed by atoms with Gasteiger partial charge in [0.05, 0.1) is 0 Å². The molecule has 16 heavy (non-hydrogen) atoms. The smallest absolute Gasteiger partial charge is 0.116 e. The average Bonchev–Trinajstić information content (AvgIpc) is 2.51. The highest BCUT2D eigenvalue weighted by Crippen LogP contribution is 2.24. The van der Waals surface area contributed by atoms with E-state index in [1.807, 2.05) is 6.07 Å². The molecule has 1 fully saturated rings. The zero-order valence-corrected chi connectivity index (χ0v) is 11.0. The van der Waals surface area contributed by atoms with Crippen LogP contribution in [-0.4, -0.2) is 23.1 Å². The van der Waals surface area contributed by atoms with Crippen LogP contribution in [0.15, 0.2) is 22.7 Å². The molecule has 3 heteroatoms. The van der Waals surface area contributed by atoms with E-state index in [-0.39, 0.29) is 0 Å². The van der Waals surface area contributed by atoms with E-state index in [1.54, 1.807) is 12.1 Å². The van der Waals surface area contributed by atoms with E-state index in [4.69, 9.17) is 0 Å². The van der Waals surface area contributed by atoms with E-state index < -0.39 is 0 Å². The Labute approximate surface area is 105 Å². The summed E-state index contributed by atoms with van der Waals surface area (Å²) in [4.78, 5) is 2.50. The highest BCUT2D eigenvalue weighted by atomic mass is 79.9. The first-order chi connectivity index (χ1) is 7.75. The minimum absolute atomic E-state index is 0.325. The van der Waals surface area contributed by atoms with E-state index in [9.17, 15) is 5.11 Å². The molecular weight excluding hydrogens is 266 g/mol. The van der Waals surface area contributed by atoms with E-state index in [0.29, 0.717) is 5.75 Å². The quantitative estimate of drug-likeness (QED) is 0.898. The third-order valence-corrected chi connectivity index (χ3v) is 3.87. The normalized spacial score (nSPS) is 18.3. The molecule has 0 radical (unpaired) electrons. The Morgan fingerprint density at radius 3 is 2.44 bits per heavy atom. The predicted molar refractivity (Wildman–Crippen MR) is 69.6 cm³/mol. The van der Waals surface area contributed by atoms with Gasteiger partial charge >= 0.3 is 0 Å². The van der Waals surface area contributed by atoms with Crippen molar-refractivity contribution >= 4 is 15.9 Å². The fourth-order valence-electron chi connectivity index (χ4n) is 2.20. The van der Waals surface area contributed by atoms with Gasteiger partial charge in [-0.15, -0.1) is 0 Å². The molecule has 1 aliphatic rings. The summed E-state index contributed by atoms with van der Waals surface area (Å²) >= 11 is 3.51. The molecule has 0 spiro atoms. The lowest BCUT2D eigenvalue weighted by Gasteiger charge is -2.20. The molecule has 1 aromatic carbocycles. The molecule has 0 bridgehead atoms. The number of benzene rings is 1. The molecule has 2 nitrogen and oxygen atoms in total. The Hall–Kier alpha value is -0.540. The van der Waals surface area contributed by atoms with Gasteiger partial charge in [-0.05, 0) is 43.6 Å². The Morgan fingerprint density at radius 1 is 1.12 bits per heavy atom. The molecule has 0 aromatic heterocycles. The van der Waals surface area contributed by atoms with Crippen LogP contribution in [0, 0.1) is 0 Å². The van der Waals surface area contributed by atoms with Crippen LogP contribution in [0.5, 0.6) is 5.75 Å². The number of halogens is 1. The van der Waals surface area contributed by atoms with Crippen molar-refractivity contribution in [1.82, 2.24) is 4.90 Å². The van der Waals surface area contributed by atoms with Crippen molar-refractivity contribution in [1.29, 1.82) is 0 Å². The number of aromatic hydroxyl groups is 1. The van der Waals surface area contributed by atoms with Gasteiger partial charge in [-0.25, -0.2) is 0 Å². The van der Waals surface area contributed by atoms with Crippen molar-refractivity contribution in [2.24, 2.45) is 0 Å². The van der Waals surface area contributed by atoms with E-state index in [1.165, 1.54) is 44.3 Å². The fraction of sp³-hybridized carbons (Fsp3) is 0.538. The van der Waals surface area contributed by atoms with Gasteiger partial charge in [0.25, 0.3) is 0 Å². The number of hydrogen-bond donors (Lipinski definition) is 1. The topological polar surface area (TPSA) is 23.5 Å².